The maximum Gasteiger partial charge on any atom is -0.00213 e. The van der Waals surface area contributed by atoms with E-state index in [-0.39, 0.29) is 22.3 Å². The zero-order valence-corrected chi connectivity index (χ0v) is 19.9. The van der Waals surface area contributed by atoms with Crippen molar-refractivity contribution in [2.45, 2.75) is 99.3 Å². The molecule has 0 aliphatic carbocycles. The van der Waals surface area contributed by atoms with Crippen molar-refractivity contribution in [2.24, 2.45) is 0 Å². The van der Waals surface area contributed by atoms with E-state index in [2.05, 4.69) is 47.8 Å². The van der Waals surface area contributed by atoms with Crippen LogP contribution in [-0.4, -0.2) is 100 Å². The Kier molecular flexibility index (Phi) is 28.0. The summed E-state index contributed by atoms with van der Waals surface area (Å²) >= 11 is 0. The van der Waals surface area contributed by atoms with Gasteiger partial charge in [-0.2, -0.15) is 0 Å². The van der Waals surface area contributed by atoms with E-state index in [0.717, 1.165) is 0 Å². The molecule has 4 nitrogen and oxygen atoms in total. The van der Waals surface area contributed by atoms with Crippen LogP contribution < -0.4 is 0 Å². The monoisotopic (exact) mass is 445 g/mol. The van der Waals surface area contributed by atoms with Crippen LogP contribution >= 0.6 is 0 Å². The largest absolute Gasteiger partial charge is 0.306 e. The molecule has 192 valence electrons. The highest BCUT2D eigenvalue weighted by Gasteiger charge is 2.04. The fourth-order valence-corrected chi connectivity index (χ4v) is 4.21. The van der Waals surface area contributed by atoms with E-state index in [1.807, 2.05) is 0 Å². The molecule has 0 saturated carbocycles. The second kappa shape index (κ2) is 24.5. The molecule has 4 saturated heterocycles. The van der Waals surface area contributed by atoms with E-state index in [1.54, 1.807) is 0 Å². The molecule has 0 bridgehead atoms. The van der Waals surface area contributed by atoms with E-state index in [1.165, 1.54) is 129 Å². The summed E-state index contributed by atoms with van der Waals surface area (Å²) in [7, 11) is 8.77. The number of hydrogen-bond acceptors (Lipinski definition) is 4. The molecule has 0 aromatic rings. The Morgan fingerprint density at radius 1 is 0.258 bits per heavy atom. The first-order valence-electron chi connectivity index (χ1n) is 12.3. The minimum atomic E-state index is 0. The van der Waals surface area contributed by atoms with Gasteiger partial charge in [-0.05, 0) is 132 Å². The third kappa shape index (κ3) is 22.8. The lowest BCUT2D eigenvalue weighted by Gasteiger charge is -2.20. The van der Waals surface area contributed by atoms with E-state index < -0.39 is 0 Å². The van der Waals surface area contributed by atoms with Crippen molar-refractivity contribution in [2.75, 3.05) is 80.5 Å². The minimum Gasteiger partial charge on any atom is -0.306 e. The highest BCUT2D eigenvalue weighted by molar-refractivity contribution is 4.60. The van der Waals surface area contributed by atoms with Crippen LogP contribution in [0.4, 0.5) is 0 Å². The average Bonchev–Trinajstić information content (AvgIpc) is 3.05. The Balaban J connectivity index is -0.000000328. The summed E-state index contributed by atoms with van der Waals surface area (Å²) in [5.74, 6) is 0. The number of piperidine rings is 2. The zero-order valence-electron chi connectivity index (χ0n) is 19.9. The van der Waals surface area contributed by atoms with Gasteiger partial charge >= 0.3 is 0 Å². The molecule has 0 N–H and O–H groups in total. The third-order valence-electron chi connectivity index (χ3n) is 6.32. The van der Waals surface area contributed by atoms with E-state index in [4.69, 9.17) is 0 Å². The molecular formula is C27H64N4. The SMILES string of the molecule is C.C.C.CN1CCCC1.CN1CCCCC1.CN1CCCCC1.CN1CCCCCC1. The summed E-state index contributed by atoms with van der Waals surface area (Å²) in [5.41, 5.74) is 0. The fourth-order valence-electron chi connectivity index (χ4n) is 4.21. The van der Waals surface area contributed by atoms with Gasteiger partial charge in [-0.1, -0.05) is 48.0 Å². The van der Waals surface area contributed by atoms with Crippen LogP contribution in [0.2, 0.25) is 0 Å². The van der Waals surface area contributed by atoms with Crippen molar-refractivity contribution < 1.29 is 0 Å². The van der Waals surface area contributed by atoms with Crippen molar-refractivity contribution in [1.29, 1.82) is 0 Å². The molecule has 0 amide bonds. The molecule has 4 aliphatic heterocycles. The smallest absolute Gasteiger partial charge is 0.00213 e. The molecule has 4 fully saturated rings. The number of rotatable bonds is 0. The maximum atomic E-state index is 2.42. The summed E-state index contributed by atoms with van der Waals surface area (Å²) in [5, 5.41) is 0. The summed E-state index contributed by atoms with van der Waals surface area (Å²) in [6.45, 7) is 10.6. The molecule has 0 aromatic heterocycles. The van der Waals surface area contributed by atoms with Crippen molar-refractivity contribution in [3.05, 3.63) is 0 Å². The Morgan fingerprint density at radius 3 is 0.548 bits per heavy atom. The standard InChI is InChI=1S/C7H15N.2C6H13N.C5H11N.3CH4/c1-8-6-4-2-3-5-7-8;2*1-7-5-3-2-4-6-7;1-6-4-2-3-5-6;;;/h2-7H2,1H3;2*2-6H2,1H3;2-5H2,1H3;3*1H4. The van der Waals surface area contributed by atoms with Gasteiger partial charge in [0.15, 0.2) is 0 Å². The highest BCUT2D eigenvalue weighted by Crippen LogP contribution is 2.07. The summed E-state index contributed by atoms with van der Waals surface area (Å²) in [6.07, 6.45) is 17.1. The van der Waals surface area contributed by atoms with Crippen LogP contribution in [0.1, 0.15) is 99.3 Å². The Hall–Kier alpha value is -0.160. The van der Waals surface area contributed by atoms with Gasteiger partial charge in [0.25, 0.3) is 0 Å². The first-order valence-corrected chi connectivity index (χ1v) is 12.3. The Morgan fingerprint density at radius 2 is 0.387 bits per heavy atom. The molecule has 4 aliphatic rings. The minimum absolute atomic E-state index is 0. The molecule has 4 rings (SSSR count). The lowest BCUT2D eigenvalue weighted by Crippen LogP contribution is -2.24. The van der Waals surface area contributed by atoms with Crippen LogP contribution in [0.25, 0.3) is 0 Å². The van der Waals surface area contributed by atoms with Gasteiger partial charge in [-0.15, -0.1) is 0 Å². The number of likely N-dealkylation sites (tertiary alicyclic amines) is 4. The van der Waals surface area contributed by atoms with Crippen LogP contribution in [0.5, 0.6) is 0 Å². The van der Waals surface area contributed by atoms with Gasteiger partial charge in [0.05, 0.1) is 0 Å². The second-order valence-electron chi connectivity index (χ2n) is 9.46. The summed E-state index contributed by atoms with van der Waals surface area (Å²) in [6, 6.07) is 0. The molecule has 0 atom stereocenters. The normalized spacial score (nSPS) is 22.8. The Labute approximate surface area is 199 Å². The molecular weight excluding hydrogens is 380 g/mol. The summed E-state index contributed by atoms with van der Waals surface area (Å²) < 4.78 is 0. The number of nitrogens with zero attached hydrogens (tertiary/aromatic N) is 4. The molecule has 0 radical (unpaired) electrons. The molecule has 0 spiro atoms. The van der Waals surface area contributed by atoms with Gasteiger partial charge in [-0.25, -0.2) is 0 Å². The predicted octanol–water partition coefficient (Wildman–Crippen LogP) is 6.32. The third-order valence-corrected chi connectivity index (χ3v) is 6.32. The van der Waals surface area contributed by atoms with Gasteiger partial charge in [-0.3, -0.25) is 0 Å². The van der Waals surface area contributed by atoms with Crippen LogP contribution in [0.3, 0.4) is 0 Å². The van der Waals surface area contributed by atoms with E-state index in [9.17, 15) is 0 Å². The van der Waals surface area contributed by atoms with Gasteiger partial charge < -0.3 is 19.6 Å². The highest BCUT2D eigenvalue weighted by atomic mass is 15.1. The van der Waals surface area contributed by atoms with Crippen molar-refractivity contribution >= 4 is 0 Å². The quantitative estimate of drug-likeness (QED) is 0.433. The molecule has 0 unspecified atom stereocenters. The predicted molar refractivity (Wildman–Crippen MR) is 146 cm³/mol. The molecule has 0 aromatic carbocycles. The van der Waals surface area contributed by atoms with E-state index >= 15 is 0 Å². The van der Waals surface area contributed by atoms with Crippen molar-refractivity contribution in [1.82, 2.24) is 19.6 Å². The van der Waals surface area contributed by atoms with Crippen LogP contribution in [-0.2, 0) is 0 Å². The zero-order chi connectivity index (χ0) is 20.5. The fraction of sp³-hybridized carbons (Fsp3) is 1.00. The maximum absolute atomic E-state index is 2.42. The van der Waals surface area contributed by atoms with Crippen LogP contribution in [0, 0.1) is 0 Å². The van der Waals surface area contributed by atoms with Gasteiger partial charge in [0.1, 0.15) is 0 Å². The van der Waals surface area contributed by atoms with Crippen LogP contribution in [0.15, 0.2) is 0 Å². The number of hydrogen-bond donors (Lipinski definition) is 0. The average molecular weight is 445 g/mol. The van der Waals surface area contributed by atoms with E-state index in [0.29, 0.717) is 0 Å². The second-order valence-corrected chi connectivity index (χ2v) is 9.46. The first-order chi connectivity index (χ1) is 13.6. The summed E-state index contributed by atoms with van der Waals surface area (Å²) in [4.78, 5) is 9.57. The molecule has 31 heavy (non-hydrogen) atoms. The Bertz CT molecular complexity index is 295. The van der Waals surface area contributed by atoms with Crippen molar-refractivity contribution in [3.8, 4) is 0 Å². The van der Waals surface area contributed by atoms with Gasteiger partial charge in [0, 0.05) is 0 Å². The van der Waals surface area contributed by atoms with Crippen molar-refractivity contribution in [3.63, 3.8) is 0 Å². The van der Waals surface area contributed by atoms with Gasteiger partial charge in [0.2, 0.25) is 0 Å². The lowest BCUT2D eigenvalue weighted by atomic mass is 10.1. The molecule has 4 heterocycles. The first kappa shape index (κ1) is 35.4. The topological polar surface area (TPSA) is 13.0 Å². The lowest BCUT2D eigenvalue weighted by molar-refractivity contribution is 0.277. The molecule has 4 heteroatoms.